The number of nitrogens with zero attached hydrogens (tertiary/aromatic N) is 1. The van der Waals surface area contributed by atoms with Crippen molar-refractivity contribution in [3.8, 4) is 5.75 Å². The number of fused-ring (bicyclic) bond motifs is 1. The van der Waals surface area contributed by atoms with Crippen molar-refractivity contribution in [3.05, 3.63) is 40.6 Å². The van der Waals surface area contributed by atoms with E-state index in [9.17, 15) is 14.4 Å². The van der Waals surface area contributed by atoms with Crippen LogP contribution in [0.3, 0.4) is 0 Å². The molecule has 0 radical (unpaired) electrons. The number of rotatable bonds is 4. The van der Waals surface area contributed by atoms with E-state index in [0.717, 1.165) is 0 Å². The van der Waals surface area contributed by atoms with Crippen molar-refractivity contribution in [1.82, 2.24) is 0 Å². The first-order valence-electron chi connectivity index (χ1n) is 7.08. The first-order valence-corrected chi connectivity index (χ1v) is 7.96. The average molecular weight is 346 g/mol. The zero-order valence-electron chi connectivity index (χ0n) is 12.8. The van der Waals surface area contributed by atoms with Gasteiger partial charge in [0.1, 0.15) is 17.2 Å². The highest BCUT2D eigenvalue weighted by Crippen LogP contribution is 2.31. The summed E-state index contributed by atoms with van der Waals surface area (Å²) in [6.45, 7) is -0.286. The van der Waals surface area contributed by atoms with Crippen molar-refractivity contribution in [2.75, 3.05) is 30.5 Å². The number of benzene rings is 1. The fraction of sp³-hybridized carbons (Fsp3) is 0.188. The number of esters is 1. The highest BCUT2D eigenvalue weighted by molar-refractivity contribution is 7.12. The van der Waals surface area contributed by atoms with Gasteiger partial charge in [0.05, 0.1) is 18.5 Å². The smallest absolute Gasteiger partial charge is 0.350 e. The maximum Gasteiger partial charge on any atom is 0.350 e. The van der Waals surface area contributed by atoms with Crippen molar-refractivity contribution in [1.29, 1.82) is 0 Å². The number of carbonyl (C=O) groups excluding carboxylic acids is 3. The van der Waals surface area contributed by atoms with Gasteiger partial charge in [-0.3, -0.25) is 14.5 Å². The molecular weight excluding hydrogens is 332 g/mol. The molecule has 0 saturated heterocycles. The van der Waals surface area contributed by atoms with Crippen molar-refractivity contribution in [2.24, 2.45) is 0 Å². The molecule has 1 N–H and O–H groups in total. The molecule has 1 aliphatic rings. The summed E-state index contributed by atoms with van der Waals surface area (Å²) in [5.74, 6) is -0.685. The molecule has 0 bridgehead atoms. The third-order valence-corrected chi connectivity index (χ3v) is 4.31. The number of hydrogen-bond donors (Lipinski definition) is 1. The minimum absolute atomic E-state index is 0.115. The van der Waals surface area contributed by atoms with Crippen LogP contribution in [0.4, 0.5) is 11.4 Å². The van der Waals surface area contributed by atoms with E-state index in [1.807, 2.05) is 0 Å². The normalized spacial score (nSPS) is 13.0. The molecule has 0 unspecified atom stereocenters. The molecule has 124 valence electrons. The number of carbonyl (C=O) groups is 3. The SMILES string of the molecule is COC(=O)c1sccc1NC(=O)CN1C(=O)COc2ccccc21. The molecule has 0 aliphatic carbocycles. The third-order valence-electron chi connectivity index (χ3n) is 3.42. The van der Waals surface area contributed by atoms with E-state index in [4.69, 9.17) is 4.74 Å². The van der Waals surface area contributed by atoms with Gasteiger partial charge in [-0.15, -0.1) is 11.3 Å². The van der Waals surface area contributed by atoms with Crippen LogP contribution in [-0.2, 0) is 14.3 Å². The van der Waals surface area contributed by atoms with Crippen LogP contribution in [0.2, 0.25) is 0 Å². The van der Waals surface area contributed by atoms with Crippen molar-refractivity contribution < 1.29 is 23.9 Å². The Balaban J connectivity index is 1.75. The fourth-order valence-electron chi connectivity index (χ4n) is 2.32. The lowest BCUT2D eigenvalue weighted by Crippen LogP contribution is -2.43. The second-order valence-corrected chi connectivity index (χ2v) is 5.86. The molecule has 0 atom stereocenters. The van der Waals surface area contributed by atoms with E-state index < -0.39 is 11.9 Å². The second-order valence-electron chi connectivity index (χ2n) is 4.94. The van der Waals surface area contributed by atoms with Crippen molar-refractivity contribution in [2.45, 2.75) is 0 Å². The number of ether oxygens (including phenoxy) is 2. The summed E-state index contributed by atoms with van der Waals surface area (Å²) in [6, 6.07) is 8.62. The maximum atomic E-state index is 12.3. The van der Waals surface area contributed by atoms with Gasteiger partial charge in [-0.25, -0.2) is 4.79 Å². The number of hydrogen-bond acceptors (Lipinski definition) is 6. The second kappa shape index (κ2) is 6.71. The molecule has 2 amide bonds. The molecule has 24 heavy (non-hydrogen) atoms. The molecule has 1 aromatic carbocycles. The van der Waals surface area contributed by atoms with E-state index in [-0.39, 0.29) is 19.1 Å². The molecule has 2 aromatic rings. The van der Waals surface area contributed by atoms with Crippen LogP contribution in [0.15, 0.2) is 35.7 Å². The van der Waals surface area contributed by atoms with Gasteiger partial charge in [0.2, 0.25) is 5.91 Å². The Kier molecular flexibility index (Phi) is 4.48. The Morgan fingerprint density at radius 2 is 2.12 bits per heavy atom. The molecule has 1 aliphatic heterocycles. The Morgan fingerprint density at radius 1 is 1.33 bits per heavy atom. The average Bonchev–Trinajstić information content (AvgIpc) is 3.04. The minimum atomic E-state index is -0.520. The van der Waals surface area contributed by atoms with Crippen LogP contribution >= 0.6 is 11.3 Å². The summed E-state index contributed by atoms with van der Waals surface area (Å²) in [5, 5.41) is 4.32. The predicted octanol–water partition coefficient (Wildman–Crippen LogP) is 1.90. The number of anilines is 2. The van der Waals surface area contributed by atoms with Crippen molar-refractivity contribution >= 4 is 40.5 Å². The largest absolute Gasteiger partial charge is 0.482 e. The van der Waals surface area contributed by atoms with Gasteiger partial charge in [0.15, 0.2) is 6.61 Å². The van der Waals surface area contributed by atoms with Gasteiger partial charge < -0.3 is 14.8 Å². The zero-order valence-corrected chi connectivity index (χ0v) is 13.6. The molecule has 1 aromatic heterocycles. The van der Waals surface area contributed by atoms with Gasteiger partial charge in [-0.05, 0) is 23.6 Å². The molecule has 0 spiro atoms. The Morgan fingerprint density at radius 3 is 2.92 bits per heavy atom. The molecule has 7 nitrogen and oxygen atoms in total. The van der Waals surface area contributed by atoms with E-state index >= 15 is 0 Å². The highest BCUT2D eigenvalue weighted by Gasteiger charge is 2.27. The van der Waals surface area contributed by atoms with Crippen LogP contribution in [0.25, 0.3) is 0 Å². The first kappa shape index (κ1) is 16.0. The molecule has 8 heteroatoms. The standard InChI is InChI=1S/C16H14N2O5S/c1-22-16(21)15-10(6-7-24-15)17-13(19)8-18-11-4-2-3-5-12(11)23-9-14(18)20/h2-7H,8-9H2,1H3,(H,17,19). The zero-order chi connectivity index (χ0) is 17.1. The van der Waals surface area contributed by atoms with Gasteiger partial charge in [0, 0.05) is 0 Å². The highest BCUT2D eigenvalue weighted by atomic mass is 32.1. The van der Waals surface area contributed by atoms with Gasteiger partial charge in [-0.1, -0.05) is 12.1 Å². The maximum absolute atomic E-state index is 12.3. The van der Waals surface area contributed by atoms with Crippen LogP contribution in [0, 0.1) is 0 Å². The molecule has 0 fully saturated rings. The summed E-state index contributed by atoms with van der Waals surface area (Å²) in [5.41, 5.74) is 0.910. The Bertz CT molecular complexity index is 801. The first-order chi connectivity index (χ1) is 11.6. The van der Waals surface area contributed by atoms with E-state index in [2.05, 4.69) is 10.1 Å². The summed E-state index contributed by atoms with van der Waals surface area (Å²) in [7, 11) is 1.27. The molecular formula is C16H14N2O5S. The number of para-hydroxylation sites is 2. The number of amides is 2. The van der Waals surface area contributed by atoms with Crippen LogP contribution in [0.1, 0.15) is 9.67 Å². The minimum Gasteiger partial charge on any atom is -0.482 e. The Labute approximate surface area is 141 Å². The summed E-state index contributed by atoms with van der Waals surface area (Å²) < 4.78 is 10.0. The lowest BCUT2D eigenvalue weighted by molar-refractivity contribution is -0.123. The lowest BCUT2D eigenvalue weighted by Gasteiger charge is -2.28. The summed E-state index contributed by atoms with van der Waals surface area (Å²) >= 11 is 1.17. The fourth-order valence-corrected chi connectivity index (χ4v) is 3.08. The van der Waals surface area contributed by atoms with E-state index in [1.54, 1.807) is 35.7 Å². The van der Waals surface area contributed by atoms with Crippen LogP contribution < -0.4 is 15.0 Å². The third kappa shape index (κ3) is 3.09. The number of methoxy groups -OCH3 is 1. The van der Waals surface area contributed by atoms with Gasteiger partial charge in [-0.2, -0.15) is 0 Å². The molecule has 0 saturated carbocycles. The lowest BCUT2D eigenvalue weighted by atomic mass is 10.2. The van der Waals surface area contributed by atoms with Crippen LogP contribution in [0.5, 0.6) is 5.75 Å². The quantitative estimate of drug-likeness (QED) is 0.855. The monoisotopic (exact) mass is 346 g/mol. The van der Waals surface area contributed by atoms with E-state index in [1.165, 1.54) is 23.3 Å². The molecule has 2 heterocycles. The van der Waals surface area contributed by atoms with Crippen LogP contribution in [-0.4, -0.2) is 38.0 Å². The number of thiophene rings is 1. The summed E-state index contributed by atoms with van der Waals surface area (Å²) in [6.07, 6.45) is 0. The Hall–Kier alpha value is -2.87. The van der Waals surface area contributed by atoms with E-state index in [0.29, 0.717) is 22.0 Å². The summed E-state index contributed by atoms with van der Waals surface area (Å²) in [4.78, 5) is 37.7. The topological polar surface area (TPSA) is 84.9 Å². The van der Waals surface area contributed by atoms with Gasteiger partial charge in [0.25, 0.3) is 5.91 Å². The van der Waals surface area contributed by atoms with Crippen molar-refractivity contribution in [3.63, 3.8) is 0 Å². The van der Waals surface area contributed by atoms with Gasteiger partial charge >= 0.3 is 5.97 Å². The number of nitrogens with one attached hydrogen (secondary N) is 1. The molecule has 3 rings (SSSR count). The predicted molar refractivity (Wildman–Crippen MR) is 88.6 cm³/mol.